The number of hydrogen-bond donors (Lipinski definition) is 2. The van der Waals surface area contributed by atoms with Gasteiger partial charge in [-0.25, -0.2) is 4.79 Å². The lowest BCUT2D eigenvalue weighted by atomic mass is 10.0. The molecule has 0 aliphatic carbocycles. The van der Waals surface area contributed by atoms with Crippen LogP contribution in [0.2, 0.25) is 0 Å². The molecular weight excluding hydrogens is 510 g/mol. The van der Waals surface area contributed by atoms with Crippen LogP contribution in [0.15, 0.2) is 24.4 Å². The van der Waals surface area contributed by atoms with Gasteiger partial charge in [-0.2, -0.15) is 0 Å². The van der Waals surface area contributed by atoms with Gasteiger partial charge < -0.3 is 20.1 Å². The highest BCUT2D eigenvalue weighted by molar-refractivity contribution is 8.14. The molecule has 1 fully saturated rings. The Morgan fingerprint density at radius 1 is 0.923 bits per heavy atom. The van der Waals surface area contributed by atoms with Gasteiger partial charge in [0, 0.05) is 24.6 Å². The number of rotatable bonds is 21. The third kappa shape index (κ3) is 17.5. The fourth-order valence-corrected chi connectivity index (χ4v) is 5.90. The first-order chi connectivity index (χ1) is 19.2. The Balaban J connectivity index is 1.43. The Morgan fingerprint density at radius 2 is 1.56 bits per heavy atom. The van der Waals surface area contributed by atoms with Crippen LogP contribution in [0.1, 0.15) is 122 Å². The molecule has 2 heterocycles. The molecule has 2 atom stereocenters. The van der Waals surface area contributed by atoms with Crippen LogP contribution in [0, 0.1) is 0 Å². The second-order valence-electron chi connectivity index (χ2n) is 10.6. The lowest BCUT2D eigenvalue weighted by molar-refractivity contribution is -0.0179. The number of carbonyl (C=O) groups is 2. The van der Waals surface area contributed by atoms with Crippen LogP contribution in [0.4, 0.5) is 9.59 Å². The molecule has 0 spiro atoms. The molecule has 0 radical (unpaired) electrons. The zero-order valence-electron chi connectivity index (χ0n) is 24.3. The molecule has 1 aromatic rings. The molecule has 2 N–H and O–H groups in total. The summed E-state index contributed by atoms with van der Waals surface area (Å²) in [6.07, 6.45) is 22.7. The van der Waals surface area contributed by atoms with E-state index in [4.69, 9.17) is 9.47 Å². The van der Waals surface area contributed by atoms with Crippen LogP contribution in [-0.4, -0.2) is 47.4 Å². The maximum atomic E-state index is 12.5. The van der Waals surface area contributed by atoms with Gasteiger partial charge in [0.25, 0.3) is 5.24 Å². The van der Waals surface area contributed by atoms with Gasteiger partial charge in [-0.3, -0.25) is 9.78 Å². The highest BCUT2D eigenvalue weighted by atomic mass is 32.2. The largest absolute Gasteiger partial charge is 0.447 e. The lowest BCUT2D eigenvalue weighted by Crippen LogP contribution is -2.39. The first-order valence-electron chi connectivity index (χ1n) is 15.6. The predicted molar refractivity (Wildman–Crippen MR) is 161 cm³/mol. The van der Waals surface area contributed by atoms with E-state index in [1.807, 2.05) is 18.2 Å². The molecule has 1 aliphatic heterocycles. The fourth-order valence-electron chi connectivity index (χ4n) is 4.84. The van der Waals surface area contributed by atoms with E-state index in [0.717, 1.165) is 31.5 Å². The third-order valence-electron chi connectivity index (χ3n) is 7.21. The van der Waals surface area contributed by atoms with Crippen LogP contribution in [0.5, 0.6) is 0 Å². The van der Waals surface area contributed by atoms with E-state index in [1.54, 1.807) is 6.20 Å². The van der Waals surface area contributed by atoms with Crippen molar-refractivity contribution in [3.05, 3.63) is 30.1 Å². The molecule has 2 amide bonds. The van der Waals surface area contributed by atoms with Gasteiger partial charge in [-0.1, -0.05) is 115 Å². The summed E-state index contributed by atoms with van der Waals surface area (Å²) in [4.78, 5) is 28.7. The lowest BCUT2D eigenvalue weighted by Gasteiger charge is -2.30. The van der Waals surface area contributed by atoms with E-state index in [1.165, 1.54) is 102 Å². The molecule has 1 aliphatic rings. The van der Waals surface area contributed by atoms with Crippen LogP contribution in [0.3, 0.4) is 0 Å². The molecule has 1 saturated heterocycles. The predicted octanol–water partition coefficient (Wildman–Crippen LogP) is 8.17. The number of amides is 2. The second kappa shape index (κ2) is 23.0. The average Bonchev–Trinajstić information content (AvgIpc) is 2.96. The number of alkyl carbamates (subject to hydrolysis) is 1. The molecule has 0 aromatic carbocycles. The number of aromatic nitrogens is 1. The Bertz CT molecular complexity index is 753. The highest BCUT2D eigenvalue weighted by Gasteiger charge is 2.30. The van der Waals surface area contributed by atoms with E-state index >= 15 is 0 Å². The summed E-state index contributed by atoms with van der Waals surface area (Å²) in [6.45, 7) is 4.07. The van der Waals surface area contributed by atoms with Crippen molar-refractivity contribution >= 4 is 23.1 Å². The number of carbonyl (C=O) groups excluding carboxylic acids is 2. The maximum Gasteiger partial charge on any atom is 0.407 e. The Labute approximate surface area is 241 Å². The number of thioether (sulfide) groups is 1. The molecule has 39 heavy (non-hydrogen) atoms. The molecule has 0 bridgehead atoms. The minimum Gasteiger partial charge on any atom is -0.447 e. The zero-order valence-corrected chi connectivity index (χ0v) is 25.1. The molecule has 2 rings (SSSR count). The van der Waals surface area contributed by atoms with Crippen molar-refractivity contribution in [1.82, 2.24) is 15.6 Å². The molecule has 1 aromatic heterocycles. The molecule has 0 saturated carbocycles. The number of nitrogens with one attached hydrogen (secondary N) is 2. The monoisotopic (exact) mass is 563 g/mol. The van der Waals surface area contributed by atoms with Gasteiger partial charge in [0.2, 0.25) is 0 Å². The molecule has 0 unspecified atom stereocenters. The van der Waals surface area contributed by atoms with E-state index in [-0.39, 0.29) is 23.2 Å². The Morgan fingerprint density at radius 3 is 2.18 bits per heavy atom. The highest BCUT2D eigenvalue weighted by Crippen LogP contribution is 2.27. The number of unbranched alkanes of at least 4 members (excludes halogenated alkanes) is 14. The topological polar surface area (TPSA) is 89.5 Å². The summed E-state index contributed by atoms with van der Waals surface area (Å²) in [5.74, 6) is 0. The minimum absolute atomic E-state index is 0.0107. The van der Waals surface area contributed by atoms with Crippen molar-refractivity contribution in [1.29, 1.82) is 0 Å². The van der Waals surface area contributed by atoms with Crippen LogP contribution >= 0.6 is 11.8 Å². The van der Waals surface area contributed by atoms with Crippen molar-refractivity contribution in [2.24, 2.45) is 0 Å². The molecular formula is C31H53N3O4S. The van der Waals surface area contributed by atoms with Gasteiger partial charge in [-0.05, 0) is 31.4 Å². The first kappa shape index (κ1) is 33.4. The van der Waals surface area contributed by atoms with Crippen molar-refractivity contribution in [2.75, 3.05) is 19.8 Å². The Hall–Kier alpha value is -1.80. The number of hydrogen-bond acceptors (Lipinski definition) is 6. The molecule has 8 heteroatoms. The van der Waals surface area contributed by atoms with Crippen molar-refractivity contribution in [2.45, 2.75) is 134 Å². The fraction of sp³-hybridized carbons (Fsp3) is 0.774. The molecule has 7 nitrogen and oxygen atoms in total. The third-order valence-corrected chi connectivity index (χ3v) is 8.41. The first-order valence-corrected chi connectivity index (χ1v) is 16.4. The van der Waals surface area contributed by atoms with E-state index in [0.29, 0.717) is 13.2 Å². The summed E-state index contributed by atoms with van der Waals surface area (Å²) in [7, 11) is 0. The summed E-state index contributed by atoms with van der Waals surface area (Å²) in [5, 5.41) is 5.72. The Kier molecular flexibility index (Phi) is 19.7. The summed E-state index contributed by atoms with van der Waals surface area (Å²) in [6, 6.07) is 5.55. The SMILES string of the molecule is CCCCCCCCCCCCCCCCCNC(=O)S[C@H]1CCCO[C@H]1COC(=O)NCc1ccccn1. The number of pyridine rings is 1. The maximum absolute atomic E-state index is 12.5. The van der Waals surface area contributed by atoms with Crippen molar-refractivity contribution in [3.8, 4) is 0 Å². The molecule has 222 valence electrons. The standard InChI is InChI=1S/C31H53N3O4S/c1-2-3-4-5-6-7-8-9-10-11-12-13-14-15-17-23-33-31(36)39-29-21-19-24-37-28(29)26-38-30(35)34-25-27-20-16-18-22-32-27/h16,18,20,22,28-29H,2-15,17,19,21,23-26H2,1H3,(H,33,36)(H,34,35)/t28-,29-/m0/s1. The minimum atomic E-state index is -0.504. The van der Waals surface area contributed by atoms with E-state index < -0.39 is 6.09 Å². The van der Waals surface area contributed by atoms with Gasteiger partial charge in [0.05, 0.1) is 12.2 Å². The van der Waals surface area contributed by atoms with Gasteiger partial charge >= 0.3 is 6.09 Å². The van der Waals surface area contributed by atoms with Crippen LogP contribution in [-0.2, 0) is 16.0 Å². The van der Waals surface area contributed by atoms with Crippen molar-refractivity contribution < 1.29 is 19.1 Å². The van der Waals surface area contributed by atoms with Crippen LogP contribution in [0.25, 0.3) is 0 Å². The van der Waals surface area contributed by atoms with Gasteiger partial charge in [0.15, 0.2) is 0 Å². The summed E-state index contributed by atoms with van der Waals surface area (Å²) >= 11 is 1.28. The quantitative estimate of drug-likeness (QED) is 0.147. The van der Waals surface area contributed by atoms with E-state index in [2.05, 4.69) is 22.5 Å². The summed E-state index contributed by atoms with van der Waals surface area (Å²) in [5.41, 5.74) is 0.766. The average molecular weight is 564 g/mol. The zero-order chi connectivity index (χ0) is 27.8. The van der Waals surface area contributed by atoms with Crippen LogP contribution < -0.4 is 10.6 Å². The smallest absolute Gasteiger partial charge is 0.407 e. The second-order valence-corrected chi connectivity index (χ2v) is 11.9. The number of nitrogens with zero attached hydrogens (tertiary/aromatic N) is 1. The van der Waals surface area contributed by atoms with E-state index in [9.17, 15) is 9.59 Å². The van der Waals surface area contributed by atoms with Gasteiger partial charge in [-0.15, -0.1) is 0 Å². The normalized spacial score (nSPS) is 17.1. The summed E-state index contributed by atoms with van der Waals surface area (Å²) < 4.78 is 11.2. The van der Waals surface area contributed by atoms with Crippen molar-refractivity contribution in [3.63, 3.8) is 0 Å². The number of ether oxygens (including phenoxy) is 2. The van der Waals surface area contributed by atoms with Gasteiger partial charge in [0.1, 0.15) is 12.7 Å².